The maximum atomic E-state index is 12.2. The van der Waals surface area contributed by atoms with E-state index in [1.807, 2.05) is 18.2 Å². The third-order valence-electron chi connectivity index (χ3n) is 3.54. The van der Waals surface area contributed by atoms with Crippen molar-refractivity contribution in [2.24, 2.45) is 5.10 Å². The Morgan fingerprint density at radius 1 is 1.23 bits per heavy atom. The molecule has 0 bridgehead atoms. The summed E-state index contributed by atoms with van der Waals surface area (Å²) < 4.78 is 5.27. The fourth-order valence-corrected chi connectivity index (χ4v) is 2.99. The number of nitrogens with one attached hydrogen (secondary N) is 1. The normalized spacial score (nSPS) is 11.2. The van der Waals surface area contributed by atoms with Crippen LogP contribution in [0, 0.1) is 0 Å². The van der Waals surface area contributed by atoms with Crippen molar-refractivity contribution in [3.63, 3.8) is 0 Å². The van der Waals surface area contributed by atoms with Gasteiger partial charge >= 0.3 is 5.63 Å². The van der Waals surface area contributed by atoms with Gasteiger partial charge in [0.2, 0.25) is 5.13 Å². The quantitative estimate of drug-likeness (QED) is 0.327. The first-order valence-electron chi connectivity index (χ1n) is 7.62. The van der Waals surface area contributed by atoms with Gasteiger partial charge in [-0.1, -0.05) is 6.07 Å². The molecule has 0 aliphatic rings. The van der Waals surface area contributed by atoms with Gasteiger partial charge < -0.3 is 9.52 Å². The Morgan fingerprint density at radius 2 is 2.15 bits per heavy atom. The Kier molecular flexibility index (Phi) is 4.16. The van der Waals surface area contributed by atoms with Gasteiger partial charge in [-0.3, -0.25) is 10.4 Å². The molecule has 0 atom stereocenters. The average molecular weight is 364 g/mol. The molecule has 0 spiro atoms. The van der Waals surface area contributed by atoms with Gasteiger partial charge in [-0.25, -0.2) is 9.78 Å². The van der Waals surface area contributed by atoms with Crippen molar-refractivity contribution in [2.75, 3.05) is 5.43 Å². The summed E-state index contributed by atoms with van der Waals surface area (Å²) in [6.45, 7) is 0. The van der Waals surface area contributed by atoms with E-state index >= 15 is 0 Å². The number of phenolic OH excluding ortho intramolecular Hbond substituents is 1. The lowest BCUT2D eigenvalue weighted by atomic mass is 10.1. The van der Waals surface area contributed by atoms with Crippen LogP contribution >= 0.6 is 11.3 Å². The van der Waals surface area contributed by atoms with Gasteiger partial charge in [0.1, 0.15) is 11.3 Å². The van der Waals surface area contributed by atoms with E-state index in [2.05, 4.69) is 20.5 Å². The van der Waals surface area contributed by atoms with Crippen molar-refractivity contribution in [3.05, 3.63) is 70.2 Å². The van der Waals surface area contributed by atoms with Crippen LogP contribution in [0.1, 0.15) is 5.69 Å². The number of thiazole rings is 1. The molecule has 1 aromatic carbocycles. The molecule has 7 nitrogen and oxygen atoms in total. The van der Waals surface area contributed by atoms with Crippen LogP contribution in [0.15, 0.2) is 68.4 Å². The van der Waals surface area contributed by atoms with Gasteiger partial charge in [-0.15, -0.1) is 11.3 Å². The van der Waals surface area contributed by atoms with Crippen LogP contribution in [-0.4, -0.2) is 21.3 Å². The molecule has 2 N–H and O–H groups in total. The number of phenols is 1. The number of pyridine rings is 1. The lowest BCUT2D eigenvalue weighted by Crippen LogP contribution is -2.03. The van der Waals surface area contributed by atoms with E-state index < -0.39 is 5.63 Å². The molecular formula is C18H12N4O3S. The number of anilines is 1. The molecule has 4 rings (SSSR count). The van der Waals surface area contributed by atoms with Gasteiger partial charge in [0.15, 0.2) is 0 Å². The summed E-state index contributed by atoms with van der Waals surface area (Å²) in [6, 6.07) is 11.8. The first-order valence-corrected chi connectivity index (χ1v) is 8.50. The zero-order chi connectivity index (χ0) is 17.9. The zero-order valence-electron chi connectivity index (χ0n) is 13.3. The van der Waals surface area contributed by atoms with Crippen molar-refractivity contribution in [1.29, 1.82) is 0 Å². The monoisotopic (exact) mass is 364 g/mol. The second-order valence-corrected chi connectivity index (χ2v) is 6.19. The Balaban J connectivity index is 1.59. The highest BCUT2D eigenvalue weighted by Crippen LogP contribution is 2.26. The molecule has 0 aliphatic heterocycles. The number of aromatic nitrogens is 2. The van der Waals surface area contributed by atoms with Crippen molar-refractivity contribution in [1.82, 2.24) is 9.97 Å². The molecule has 3 heterocycles. The Labute approximate surface area is 151 Å². The van der Waals surface area contributed by atoms with Crippen LogP contribution < -0.4 is 11.1 Å². The summed E-state index contributed by atoms with van der Waals surface area (Å²) in [4.78, 5) is 20.7. The molecule has 26 heavy (non-hydrogen) atoms. The van der Waals surface area contributed by atoms with Crippen LogP contribution in [0.4, 0.5) is 5.13 Å². The van der Waals surface area contributed by atoms with Gasteiger partial charge in [0.05, 0.1) is 23.2 Å². The van der Waals surface area contributed by atoms with Crippen molar-refractivity contribution in [2.45, 2.75) is 0 Å². The third kappa shape index (κ3) is 3.31. The summed E-state index contributed by atoms with van der Waals surface area (Å²) in [5.74, 6) is 0.0410. The molecule has 0 fully saturated rings. The second kappa shape index (κ2) is 6.77. The van der Waals surface area contributed by atoms with Gasteiger partial charge in [-0.2, -0.15) is 5.10 Å². The number of benzene rings is 1. The van der Waals surface area contributed by atoms with Crippen LogP contribution in [0.5, 0.6) is 5.75 Å². The van der Waals surface area contributed by atoms with Crippen LogP contribution in [0.25, 0.3) is 22.2 Å². The van der Waals surface area contributed by atoms with Crippen LogP contribution in [0.2, 0.25) is 0 Å². The largest absolute Gasteiger partial charge is 0.508 e. The predicted octanol–water partition coefficient (Wildman–Crippen LogP) is 3.46. The molecule has 0 saturated carbocycles. The fourth-order valence-electron chi connectivity index (χ4n) is 2.33. The highest BCUT2D eigenvalue weighted by molar-refractivity contribution is 7.14. The van der Waals surface area contributed by atoms with Crippen LogP contribution in [0.3, 0.4) is 0 Å². The topological polar surface area (TPSA) is 101 Å². The summed E-state index contributed by atoms with van der Waals surface area (Å²) in [5.41, 5.74) is 4.19. The number of fused-ring (bicyclic) bond motifs is 1. The lowest BCUT2D eigenvalue weighted by molar-refractivity contribution is 0.473. The Hall–Kier alpha value is -3.52. The second-order valence-electron chi connectivity index (χ2n) is 5.33. The predicted molar refractivity (Wildman–Crippen MR) is 101 cm³/mol. The summed E-state index contributed by atoms with van der Waals surface area (Å²) in [7, 11) is 0. The molecule has 0 unspecified atom stereocenters. The van der Waals surface area contributed by atoms with Crippen molar-refractivity contribution >= 4 is 33.7 Å². The Bertz CT molecular complexity index is 1150. The minimum atomic E-state index is -0.517. The smallest absolute Gasteiger partial charge is 0.345 e. The summed E-state index contributed by atoms with van der Waals surface area (Å²) >= 11 is 1.32. The number of hydrazone groups is 1. The first kappa shape index (κ1) is 16.0. The standard InChI is InChI=1S/C18H12N4O3S/c23-13-5-4-11-7-14(17(24)25-16(11)8-13)15-10-26-18(21-15)22-20-9-12-3-1-2-6-19-12/h1-10,23H,(H,21,22). The minimum Gasteiger partial charge on any atom is -0.508 e. The minimum absolute atomic E-state index is 0.0410. The number of aromatic hydroxyl groups is 1. The van der Waals surface area contributed by atoms with Gasteiger partial charge in [0, 0.05) is 23.0 Å². The maximum absolute atomic E-state index is 12.2. The number of nitrogens with zero attached hydrogens (tertiary/aromatic N) is 3. The molecule has 128 valence electrons. The van der Waals surface area contributed by atoms with E-state index in [1.165, 1.54) is 23.5 Å². The van der Waals surface area contributed by atoms with Crippen LogP contribution in [-0.2, 0) is 0 Å². The van der Waals surface area contributed by atoms with Gasteiger partial charge in [-0.05, 0) is 30.3 Å². The van der Waals surface area contributed by atoms with E-state index in [4.69, 9.17) is 4.42 Å². The molecule has 3 aromatic heterocycles. The summed E-state index contributed by atoms with van der Waals surface area (Å²) in [5, 5.41) is 16.5. The van der Waals surface area contributed by atoms with E-state index in [9.17, 15) is 9.90 Å². The average Bonchev–Trinajstić information content (AvgIpc) is 3.10. The lowest BCUT2D eigenvalue weighted by Gasteiger charge is -2.00. The molecule has 4 aromatic rings. The molecular weight excluding hydrogens is 352 g/mol. The summed E-state index contributed by atoms with van der Waals surface area (Å²) in [6.07, 6.45) is 3.26. The highest BCUT2D eigenvalue weighted by Gasteiger charge is 2.12. The van der Waals surface area contributed by atoms with E-state index in [0.29, 0.717) is 27.4 Å². The zero-order valence-corrected chi connectivity index (χ0v) is 14.1. The molecule has 0 saturated heterocycles. The number of hydrogen-bond acceptors (Lipinski definition) is 8. The van der Waals surface area contributed by atoms with Crippen molar-refractivity contribution < 1.29 is 9.52 Å². The Morgan fingerprint density at radius 3 is 3.00 bits per heavy atom. The van der Waals surface area contributed by atoms with E-state index in [1.54, 1.807) is 29.9 Å². The maximum Gasteiger partial charge on any atom is 0.345 e. The SMILES string of the molecule is O=c1oc2cc(O)ccc2cc1-c1csc(NN=Cc2ccccn2)n1. The molecule has 0 radical (unpaired) electrons. The van der Waals surface area contributed by atoms with Gasteiger partial charge in [0.25, 0.3) is 0 Å². The molecule has 8 heteroatoms. The van der Waals surface area contributed by atoms with E-state index in [0.717, 1.165) is 5.69 Å². The highest BCUT2D eigenvalue weighted by atomic mass is 32.1. The molecule has 0 aliphatic carbocycles. The van der Waals surface area contributed by atoms with Crippen molar-refractivity contribution in [3.8, 4) is 17.0 Å². The first-order chi connectivity index (χ1) is 12.7. The number of hydrogen-bond donors (Lipinski definition) is 2. The number of rotatable bonds is 4. The third-order valence-corrected chi connectivity index (χ3v) is 4.29. The molecule has 0 amide bonds. The fraction of sp³-hybridized carbons (Fsp3) is 0. The van der Waals surface area contributed by atoms with E-state index in [-0.39, 0.29) is 5.75 Å².